The SMILES string of the molecule is Cc1coc(Sc2ncc(CNC(C)C)cc2C)n1. The van der Waals surface area contributed by atoms with Crippen molar-refractivity contribution in [2.45, 2.75) is 50.5 Å². The topological polar surface area (TPSA) is 51.0 Å². The van der Waals surface area contributed by atoms with E-state index in [0.717, 1.165) is 22.8 Å². The molecule has 0 fully saturated rings. The number of aromatic nitrogens is 2. The molecule has 0 bridgehead atoms. The van der Waals surface area contributed by atoms with Crippen LogP contribution in [-0.4, -0.2) is 16.0 Å². The molecule has 0 aliphatic rings. The van der Waals surface area contributed by atoms with E-state index in [1.807, 2.05) is 13.1 Å². The van der Waals surface area contributed by atoms with Crippen molar-refractivity contribution in [1.29, 1.82) is 0 Å². The highest BCUT2D eigenvalue weighted by Crippen LogP contribution is 2.27. The predicted octanol–water partition coefficient (Wildman–Crippen LogP) is 3.34. The minimum atomic E-state index is 0.477. The third-order valence-electron chi connectivity index (χ3n) is 2.58. The van der Waals surface area contributed by atoms with Crippen LogP contribution in [0.5, 0.6) is 0 Å². The lowest BCUT2D eigenvalue weighted by molar-refractivity contribution is 0.453. The molecule has 1 N–H and O–H groups in total. The van der Waals surface area contributed by atoms with Crippen LogP contribution < -0.4 is 5.32 Å². The summed E-state index contributed by atoms with van der Waals surface area (Å²) >= 11 is 1.46. The zero-order valence-corrected chi connectivity index (χ0v) is 12.5. The number of oxazole rings is 1. The van der Waals surface area contributed by atoms with Crippen molar-refractivity contribution in [2.24, 2.45) is 0 Å². The third kappa shape index (κ3) is 4.08. The highest BCUT2D eigenvalue weighted by molar-refractivity contribution is 7.99. The van der Waals surface area contributed by atoms with Crippen LogP contribution in [0.4, 0.5) is 0 Å². The molecule has 2 heterocycles. The van der Waals surface area contributed by atoms with E-state index in [-0.39, 0.29) is 0 Å². The van der Waals surface area contributed by atoms with Crippen molar-refractivity contribution in [2.75, 3.05) is 0 Å². The maximum absolute atomic E-state index is 5.33. The molecule has 102 valence electrons. The lowest BCUT2D eigenvalue weighted by Crippen LogP contribution is -2.21. The third-order valence-corrected chi connectivity index (χ3v) is 3.57. The van der Waals surface area contributed by atoms with E-state index in [1.54, 1.807) is 6.26 Å². The van der Waals surface area contributed by atoms with Crippen molar-refractivity contribution < 1.29 is 4.42 Å². The van der Waals surface area contributed by atoms with E-state index in [9.17, 15) is 0 Å². The first-order valence-electron chi connectivity index (χ1n) is 6.33. The van der Waals surface area contributed by atoms with Crippen LogP contribution >= 0.6 is 11.8 Å². The maximum atomic E-state index is 5.33. The van der Waals surface area contributed by atoms with E-state index in [1.165, 1.54) is 17.3 Å². The molecule has 2 aromatic rings. The van der Waals surface area contributed by atoms with Gasteiger partial charge < -0.3 is 9.73 Å². The van der Waals surface area contributed by atoms with Gasteiger partial charge >= 0.3 is 0 Å². The molecule has 0 saturated heterocycles. The summed E-state index contributed by atoms with van der Waals surface area (Å²) in [6.07, 6.45) is 3.55. The Hall–Kier alpha value is -1.33. The second kappa shape index (κ2) is 6.21. The van der Waals surface area contributed by atoms with E-state index >= 15 is 0 Å². The van der Waals surface area contributed by atoms with E-state index < -0.39 is 0 Å². The molecule has 0 unspecified atom stereocenters. The molecule has 0 aromatic carbocycles. The Kier molecular flexibility index (Phi) is 4.61. The van der Waals surface area contributed by atoms with Crippen LogP contribution in [-0.2, 0) is 6.54 Å². The second-order valence-corrected chi connectivity index (χ2v) is 5.80. The van der Waals surface area contributed by atoms with Gasteiger partial charge in [-0.1, -0.05) is 19.9 Å². The quantitative estimate of drug-likeness (QED) is 0.908. The Labute approximate surface area is 118 Å². The van der Waals surface area contributed by atoms with Crippen molar-refractivity contribution in [1.82, 2.24) is 15.3 Å². The van der Waals surface area contributed by atoms with Gasteiger partial charge in [0.15, 0.2) is 0 Å². The fourth-order valence-electron chi connectivity index (χ4n) is 1.61. The Morgan fingerprint density at radius 3 is 2.74 bits per heavy atom. The molecule has 19 heavy (non-hydrogen) atoms. The number of hydrogen-bond acceptors (Lipinski definition) is 5. The van der Waals surface area contributed by atoms with E-state index in [4.69, 9.17) is 4.42 Å². The second-order valence-electron chi connectivity index (χ2n) is 4.86. The molecule has 0 spiro atoms. The van der Waals surface area contributed by atoms with Crippen molar-refractivity contribution in [3.8, 4) is 0 Å². The smallest absolute Gasteiger partial charge is 0.262 e. The number of nitrogens with zero attached hydrogens (tertiary/aromatic N) is 2. The molecule has 0 atom stereocenters. The van der Waals surface area contributed by atoms with Crippen LogP contribution in [0.2, 0.25) is 0 Å². The molecule has 5 heteroatoms. The van der Waals surface area contributed by atoms with Gasteiger partial charge in [-0.2, -0.15) is 0 Å². The first-order chi connectivity index (χ1) is 9.04. The lowest BCUT2D eigenvalue weighted by atomic mass is 10.2. The Morgan fingerprint density at radius 2 is 2.16 bits per heavy atom. The van der Waals surface area contributed by atoms with Gasteiger partial charge in [-0.05, 0) is 36.7 Å². The normalized spacial score (nSPS) is 11.2. The first-order valence-corrected chi connectivity index (χ1v) is 7.15. The molecular formula is C14H19N3OS. The Bertz CT molecular complexity index is 551. The van der Waals surface area contributed by atoms with E-state index in [2.05, 4.69) is 42.1 Å². The molecule has 0 amide bonds. The van der Waals surface area contributed by atoms with Gasteiger partial charge in [0.1, 0.15) is 11.3 Å². The molecule has 0 radical (unpaired) electrons. The van der Waals surface area contributed by atoms with Gasteiger partial charge in [0.2, 0.25) is 0 Å². The minimum absolute atomic E-state index is 0.477. The minimum Gasteiger partial charge on any atom is -0.439 e. The monoisotopic (exact) mass is 277 g/mol. The summed E-state index contributed by atoms with van der Waals surface area (Å²) in [6.45, 7) is 9.08. The zero-order chi connectivity index (χ0) is 13.8. The molecular weight excluding hydrogens is 258 g/mol. The average Bonchev–Trinajstić information content (AvgIpc) is 2.75. The first kappa shape index (κ1) is 14.1. The Morgan fingerprint density at radius 1 is 1.37 bits per heavy atom. The summed E-state index contributed by atoms with van der Waals surface area (Å²) in [5, 5.41) is 4.96. The number of pyridine rings is 1. The highest BCUT2D eigenvalue weighted by Gasteiger charge is 2.08. The molecule has 4 nitrogen and oxygen atoms in total. The fourth-order valence-corrected chi connectivity index (χ4v) is 2.38. The summed E-state index contributed by atoms with van der Waals surface area (Å²) in [5.41, 5.74) is 3.22. The van der Waals surface area contributed by atoms with Crippen molar-refractivity contribution in [3.05, 3.63) is 35.3 Å². The van der Waals surface area contributed by atoms with Crippen molar-refractivity contribution in [3.63, 3.8) is 0 Å². The summed E-state index contributed by atoms with van der Waals surface area (Å²) in [7, 11) is 0. The average molecular weight is 277 g/mol. The molecule has 0 aliphatic carbocycles. The molecule has 0 saturated carbocycles. The van der Waals surface area contributed by atoms with Crippen LogP contribution in [0.15, 0.2) is 33.2 Å². The molecule has 2 rings (SSSR count). The van der Waals surface area contributed by atoms with Gasteiger partial charge in [0.05, 0.1) is 5.69 Å². The summed E-state index contributed by atoms with van der Waals surface area (Å²) < 4.78 is 5.33. The summed E-state index contributed by atoms with van der Waals surface area (Å²) in [4.78, 5) is 8.76. The van der Waals surface area contributed by atoms with Crippen LogP contribution in [0.3, 0.4) is 0 Å². The highest BCUT2D eigenvalue weighted by atomic mass is 32.2. The van der Waals surface area contributed by atoms with Gasteiger partial charge in [-0.25, -0.2) is 9.97 Å². The summed E-state index contributed by atoms with van der Waals surface area (Å²) in [6, 6.07) is 2.63. The lowest BCUT2D eigenvalue weighted by Gasteiger charge is -2.09. The predicted molar refractivity (Wildman–Crippen MR) is 76.3 cm³/mol. The van der Waals surface area contributed by atoms with Crippen LogP contribution in [0, 0.1) is 13.8 Å². The Balaban J connectivity index is 2.06. The number of rotatable bonds is 5. The number of hydrogen-bond donors (Lipinski definition) is 1. The summed E-state index contributed by atoms with van der Waals surface area (Å²) in [5.74, 6) is 0. The van der Waals surface area contributed by atoms with E-state index in [0.29, 0.717) is 11.3 Å². The largest absolute Gasteiger partial charge is 0.439 e. The standard InChI is InChI=1S/C14H19N3OS/c1-9(2)15-6-12-5-10(3)13(16-7-12)19-14-17-11(4)8-18-14/h5,7-9,15H,6H2,1-4H3. The van der Waals surface area contributed by atoms with Gasteiger partial charge in [0, 0.05) is 18.8 Å². The van der Waals surface area contributed by atoms with Crippen molar-refractivity contribution >= 4 is 11.8 Å². The maximum Gasteiger partial charge on any atom is 0.262 e. The molecule has 0 aliphatic heterocycles. The zero-order valence-electron chi connectivity index (χ0n) is 11.7. The number of aryl methyl sites for hydroxylation is 2. The van der Waals surface area contributed by atoms with Gasteiger partial charge in [-0.15, -0.1) is 0 Å². The number of nitrogens with one attached hydrogen (secondary N) is 1. The van der Waals surface area contributed by atoms with Gasteiger partial charge in [-0.3, -0.25) is 0 Å². The fraction of sp³-hybridized carbons (Fsp3) is 0.429. The van der Waals surface area contributed by atoms with Crippen LogP contribution in [0.25, 0.3) is 0 Å². The van der Waals surface area contributed by atoms with Crippen LogP contribution in [0.1, 0.15) is 30.7 Å². The van der Waals surface area contributed by atoms with Gasteiger partial charge in [0.25, 0.3) is 5.22 Å². The molecule has 2 aromatic heterocycles.